The third-order valence-corrected chi connectivity index (χ3v) is 7.43. The molecule has 0 saturated heterocycles. The maximum Gasteiger partial charge on any atom is 0.172 e. The second-order valence-corrected chi connectivity index (χ2v) is 8.70. The number of nitrogens with one attached hydrogen (secondary N) is 1. The summed E-state index contributed by atoms with van der Waals surface area (Å²) in [5, 5.41) is 3.66. The van der Waals surface area contributed by atoms with E-state index in [0.717, 1.165) is 48.4 Å². The van der Waals surface area contributed by atoms with Crippen molar-refractivity contribution in [3.63, 3.8) is 0 Å². The Labute approximate surface area is 182 Å². The summed E-state index contributed by atoms with van der Waals surface area (Å²) in [7, 11) is 5.07. The lowest BCUT2D eigenvalue weighted by atomic mass is 9.50. The molecular formula is C25H28FN3O2. The van der Waals surface area contributed by atoms with Crippen molar-refractivity contribution >= 4 is 11.5 Å². The highest BCUT2D eigenvalue weighted by molar-refractivity contribution is 6.42. The van der Waals surface area contributed by atoms with E-state index < -0.39 is 5.66 Å². The van der Waals surface area contributed by atoms with Crippen LogP contribution in [0.5, 0.6) is 5.75 Å². The number of hydrogen-bond acceptors (Lipinski definition) is 4. The molecule has 0 aromatic heterocycles. The molecule has 0 radical (unpaired) electrons. The van der Waals surface area contributed by atoms with Gasteiger partial charge in [-0.2, -0.15) is 0 Å². The van der Waals surface area contributed by atoms with Crippen molar-refractivity contribution in [2.24, 2.45) is 9.98 Å². The molecule has 5 rings (SSSR count). The van der Waals surface area contributed by atoms with Crippen molar-refractivity contribution in [2.75, 3.05) is 21.3 Å². The molecule has 1 unspecified atom stereocenters. The quantitative estimate of drug-likeness (QED) is 0.789. The Morgan fingerprint density at radius 3 is 2.55 bits per heavy atom. The molecule has 2 aromatic rings. The van der Waals surface area contributed by atoms with Crippen molar-refractivity contribution in [3.8, 4) is 16.9 Å². The molecule has 2 aliphatic carbocycles. The highest BCUT2D eigenvalue weighted by Gasteiger charge is 2.66. The van der Waals surface area contributed by atoms with Gasteiger partial charge in [0.1, 0.15) is 5.84 Å². The van der Waals surface area contributed by atoms with E-state index in [4.69, 9.17) is 14.5 Å². The zero-order chi connectivity index (χ0) is 21.8. The number of fused-ring (bicyclic) bond motifs is 4. The van der Waals surface area contributed by atoms with Crippen LogP contribution < -0.4 is 10.1 Å². The fourth-order valence-corrected chi connectivity index (χ4v) is 5.83. The van der Waals surface area contributed by atoms with E-state index in [1.54, 1.807) is 26.3 Å². The summed E-state index contributed by atoms with van der Waals surface area (Å²) >= 11 is 0. The average Bonchev–Trinajstić information content (AvgIpc) is 3.18. The van der Waals surface area contributed by atoms with E-state index in [9.17, 15) is 4.39 Å². The van der Waals surface area contributed by atoms with Crippen LogP contribution >= 0.6 is 0 Å². The third-order valence-electron chi connectivity index (χ3n) is 7.43. The Morgan fingerprint density at radius 1 is 1.13 bits per heavy atom. The molecule has 31 heavy (non-hydrogen) atoms. The van der Waals surface area contributed by atoms with Crippen molar-refractivity contribution in [1.82, 2.24) is 5.32 Å². The van der Waals surface area contributed by atoms with E-state index in [1.165, 1.54) is 12.7 Å². The highest BCUT2D eigenvalue weighted by Crippen LogP contribution is 2.63. The Balaban J connectivity index is 1.64. The number of halogens is 1. The Morgan fingerprint density at radius 2 is 1.90 bits per heavy atom. The third kappa shape index (κ3) is 2.64. The van der Waals surface area contributed by atoms with Gasteiger partial charge in [-0.25, -0.2) is 4.39 Å². The van der Waals surface area contributed by atoms with Crippen molar-refractivity contribution in [1.29, 1.82) is 0 Å². The van der Waals surface area contributed by atoms with Gasteiger partial charge in [-0.15, -0.1) is 0 Å². The first-order chi connectivity index (χ1) is 15.0. The minimum atomic E-state index is -0.550. The van der Waals surface area contributed by atoms with E-state index in [-0.39, 0.29) is 17.0 Å². The van der Waals surface area contributed by atoms with Crippen LogP contribution in [-0.4, -0.2) is 38.9 Å². The number of nitrogens with zero attached hydrogens (tertiary/aromatic N) is 2. The zero-order valence-electron chi connectivity index (χ0n) is 18.5. The molecule has 2 spiro atoms. The lowest BCUT2D eigenvalue weighted by Gasteiger charge is -2.59. The lowest BCUT2D eigenvalue weighted by Crippen LogP contribution is -2.65. The van der Waals surface area contributed by atoms with Gasteiger partial charge in [0.2, 0.25) is 0 Å². The highest BCUT2D eigenvalue weighted by atomic mass is 19.1. The first kappa shape index (κ1) is 20.2. The first-order valence-corrected chi connectivity index (χ1v) is 10.8. The van der Waals surface area contributed by atoms with E-state index in [0.29, 0.717) is 11.7 Å². The maximum absolute atomic E-state index is 15.0. The largest absolute Gasteiger partial charge is 0.494 e. The van der Waals surface area contributed by atoms with E-state index >= 15 is 0 Å². The lowest BCUT2D eigenvalue weighted by molar-refractivity contribution is 0.00874. The Bertz CT molecular complexity index is 1100. The standard InChI is InChI=1S/C25H28FN3O2/c1-15-23(27-2)29-25(28-15)20-14-16(18-6-5-7-21(31-4)22(18)26)8-9-19(20)24(25)12-10-17(30-3)11-13-24/h5-9,14,17H,10-13H2,1-4H3,(H,27,29). The fraction of sp³-hybridized carbons (Fsp3) is 0.440. The van der Waals surface area contributed by atoms with E-state index in [1.807, 2.05) is 19.1 Å². The molecule has 3 aliphatic rings. The topological polar surface area (TPSA) is 55.2 Å². The molecule has 1 heterocycles. The SMILES string of the molecule is CN=C1NC2(N=C1C)c1cc(-c3cccc(OC)c3F)ccc1C21CCC(OC)CC1. The summed E-state index contributed by atoms with van der Waals surface area (Å²) in [6.07, 6.45) is 4.28. The number of benzene rings is 2. The van der Waals surface area contributed by atoms with Crippen molar-refractivity contribution in [3.05, 3.63) is 53.3 Å². The molecule has 2 aromatic carbocycles. The smallest absolute Gasteiger partial charge is 0.172 e. The number of aliphatic imine (C=N–C) groups is 2. The molecule has 1 fully saturated rings. The second kappa shape index (κ2) is 7.16. The molecule has 162 valence electrons. The number of rotatable bonds is 3. The van der Waals surface area contributed by atoms with Crippen LogP contribution in [0.4, 0.5) is 4.39 Å². The summed E-state index contributed by atoms with van der Waals surface area (Å²) < 4.78 is 25.8. The van der Waals surface area contributed by atoms with Gasteiger partial charge in [0.05, 0.1) is 18.9 Å². The first-order valence-electron chi connectivity index (χ1n) is 10.8. The molecule has 0 bridgehead atoms. The summed E-state index contributed by atoms with van der Waals surface area (Å²) in [6, 6.07) is 11.5. The Kier molecular flexibility index (Phi) is 4.66. The normalized spacial score (nSPS) is 30.2. The maximum atomic E-state index is 15.0. The number of methoxy groups -OCH3 is 2. The molecule has 1 atom stereocenters. The average molecular weight is 422 g/mol. The van der Waals surface area contributed by atoms with Gasteiger partial charge in [0.15, 0.2) is 17.2 Å². The van der Waals surface area contributed by atoms with Crippen LogP contribution in [0.3, 0.4) is 0 Å². The molecule has 1 N–H and O–H groups in total. The predicted molar refractivity (Wildman–Crippen MR) is 121 cm³/mol. The summed E-state index contributed by atoms with van der Waals surface area (Å²) in [4.78, 5) is 9.57. The molecule has 1 aliphatic heterocycles. The van der Waals surface area contributed by atoms with Crippen molar-refractivity contribution < 1.29 is 13.9 Å². The van der Waals surface area contributed by atoms with Gasteiger partial charge in [-0.05, 0) is 55.9 Å². The summed E-state index contributed by atoms with van der Waals surface area (Å²) in [5.74, 6) is 0.734. The Hall–Kier alpha value is -2.73. The number of hydrogen-bond donors (Lipinski definition) is 1. The van der Waals surface area contributed by atoms with Crippen molar-refractivity contribution in [2.45, 2.75) is 49.8 Å². The second-order valence-electron chi connectivity index (χ2n) is 8.70. The fourth-order valence-electron chi connectivity index (χ4n) is 5.83. The van der Waals surface area contributed by atoms with E-state index in [2.05, 4.69) is 22.4 Å². The van der Waals surface area contributed by atoms with Gasteiger partial charge in [0.25, 0.3) is 0 Å². The summed E-state index contributed by atoms with van der Waals surface area (Å²) in [6.45, 7) is 2.00. The monoisotopic (exact) mass is 421 g/mol. The minimum Gasteiger partial charge on any atom is -0.494 e. The van der Waals surface area contributed by atoms with Crippen LogP contribution in [0.2, 0.25) is 0 Å². The van der Waals surface area contributed by atoms with Crippen LogP contribution in [0.1, 0.15) is 43.7 Å². The van der Waals surface area contributed by atoms with Crippen LogP contribution in [-0.2, 0) is 15.8 Å². The molecule has 5 nitrogen and oxygen atoms in total. The predicted octanol–water partition coefficient (Wildman–Crippen LogP) is 4.59. The molecular weight excluding hydrogens is 393 g/mol. The molecule has 1 saturated carbocycles. The minimum absolute atomic E-state index is 0.101. The number of ether oxygens (including phenoxy) is 2. The van der Waals surface area contributed by atoms with Gasteiger partial charge in [0, 0.05) is 30.7 Å². The summed E-state index contributed by atoms with van der Waals surface area (Å²) in [5.41, 5.74) is 4.04. The zero-order valence-corrected chi connectivity index (χ0v) is 18.5. The van der Waals surface area contributed by atoms with Crippen LogP contribution in [0.25, 0.3) is 11.1 Å². The van der Waals surface area contributed by atoms with Crippen LogP contribution in [0, 0.1) is 5.82 Å². The molecule has 6 heteroatoms. The molecule has 0 amide bonds. The van der Waals surface area contributed by atoms with Gasteiger partial charge >= 0.3 is 0 Å². The van der Waals surface area contributed by atoms with Crippen LogP contribution in [0.15, 0.2) is 46.4 Å². The van der Waals surface area contributed by atoms with Gasteiger partial charge in [-0.3, -0.25) is 9.98 Å². The van der Waals surface area contributed by atoms with Gasteiger partial charge in [-0.1, -0.05) is 24.3 Å². The van der Waals surface area contributed by atoms with Gasteiger partial charge < -0.3 is 14.8 Å². The number of amidine groups is 1.